The molecular formula is C80H126ClF5N6O29S7. The molecule has 3 amide bonds. The van der Waals surface area contributed by atoms with E-state index in [-0.39, 0.29) is 43.0 Å². The van der Waals surface area contributed by atoms with Crippen LogP contribution in [-0.2, 0) is 101 Å². The number of rotatable bonds is 26. The van der Waals surface area contributed by atoms with Crippen molar-refractivity contribution in [3.63, 3.8) is 0 Å². The van der Waals surface area contributed by atoms with Crippen LogP contribution < -0.4 is 27.4 Å². The van der Waals surface area contributed by atoms with Gasteiger partial charge in [0.25, 0.3) is 10.1 Å². The number of nitrogens with one attached hydrogen (secondary N) is 3. The van der Waals surface area contributed by atoms with E-state index in [1.54, 1.807) is 83.1 Å². The van der Waals surface area contributed by atoms with Crippen LogP contribution in [-0.4, -0.2) is 259 Å². The summed E-state index contributed by atoms with van der Waals surface area (Å²) in [6.45, 7) is 25.4. The van der Waals surface area contributed by atoms with Gasteiger partial charge in [-0.1, -0.05) is 88.9 Å². The first kappa shape index (κ1) is 124. The number of halogens is 6. The van der Waals surface area contributed by atoms with E-state index in [0.29, 0.717) is 16.7 Å². The number of aliphatic hydroxyl groups is 3. The number of amides is 3. The highest BCUT2D eigenvalue weighted by Crippen LogP contribution is 2.30. The molecule has 0 saturated carbocycles. The van der Waals surface area contributed by atoms with Gasteiger partial charge in [0.2, 0.25) is 9.05 Å². The van der Waals surface area contributed by atoms with Crippen molar-refractivity contribution >= 4 is 110 Å². The van der Waals surface area contributed by atoms with Gasteiger partial charge in [0.1, 0.15) is 74.0 Å². The molecule has 10 atom stereocenters. The molecule has 1 aliphatic rings. The third-order valence-electron chi connectivity index (χ3n) is 15.5. The van der Waals surface area contributed by atoms with Gasteiger partial charge in [-0.05, 0) is 191 Å². The fraction of sp³-hybridized carbons (Fsp3) is 0.562. The van der Waals surface area contributed by atoms with Crippen molar-refractivity contribution in [3.05, 3.63) is 149 Å². The third-order valence-corrected chi connectivity index (χ3v) is 21.7. The Bertz CT molecular complexity index is 4970. The molecule has 0 spiro atoms. The molecule has 35 nitrogen and oxygen atoms in total. The van der Waals surface area contributed by atoms with Gasteiger partial charge in [0.15, 0.2) is 55.3 Å². The minimum Gasteiger partial charge on any atom is -0.444 e. The Kier molecular flexibility index (Phi) is 53.0. The smallest absolute Gasteiger partial charge is 0.444 e. The monoisotopic (exact) mass is 1990 g/mol. The molecule has 5 aromatic rings. The molecule has 128 heavy (non-hydrogen) atoms. The maximum Gasteiger partial charge on any atom is 0.519 e. The molecule has 1 saturated heterocycles. The van der Waals surface area contributed by atoms with Crippen LogP contribution in [0.4, 0.5) is 45.9 Å². The SMILES string of the molecule is C.CC(C)(C)OC(=O)N[C@H](CF)[C@@H](O)c1ccc(S(C)(=O)=O)cc1.CC(C)(C)OC(=O)N[C@H](CF)[C@@H](OS(C)(=O)=O)c1ccc(S(C)(=O)=O)cc1.CC(C)(C)OC(=O)OC(=O)OC(C)(C)C.CCN(CC)CC.CS(=O)(=O)Cl.CS(=O)(=O)c1ccc([C@@H](O)[C@H](N)CF)cc1.CS(=O)(=O)c1ccc([C@H](O)[C@H](N)CF)cc1.CS(=O)(=O)c1ccc([C@H]2OC(=O)N[C@@H]2CF)cc1. The third kappa shape index (κ3) is 53.9. The Morgan fingerprint density at radius 1 is 0.445 bits per heavy atom. The lowest BCUT2D eigenvalue weighted by Crippen LogP contribution is -2.44. The molecule has 734 valence electrons. The molecule has 10 N–H and O–H groups in total. The van der Waals surface area contributed by atoms with E-state index >= 15 is 0 Å². The van der Waals surface area contributed by atoms with Crippen molar-refractivity contribution in [3.8, 4) is 0 Å². The predicted molar refractivity (Wildman–Crippen MR) is 474 cm³/mol. The number of cyclic esters (lactones) is 1. The second kappa shape index (κ2) is 54.7. The Labute approximate surface area is 754 Å². The summed E-state index contributed by atoms with van der Waals surface area (Å²) in [5.74, 6) is 0. The molecule has 0 unspecified atom stereocenters. The zero-order chi connectivity index (χ0) is 99.4. The summed E-state index contributed by atoms with van der Waals surface area (Å²) in [5, 5.41) is 36.1. The van der Waals surface area contributed by atoms with Crippen molar-refractivity contribution in [2.24, 2.45) is 11.5 Å². The Morgan fingerprint density at radius 3 is 0.930 bits per heavy atom. The second-order valence-corrected chi connectivity index (χ2v) is 46.5. The molecule has 0 aliphatic carbocycles. The lowest BCUT2D eigenvalue weighted by molar-refractivity contribution is -0.0295. The maximum absolute atomic E-state index is 13.6. The highest BCUT2D eigenvalue weighted by Gasteiger charge is 2.36. The number of nitrogens with two attached hydrogens (primary N) is 2. The molecule has 5 aromatic carbocycles. The summed E-state index contributed by atoms with van der Waals surface area (Å²) < 4.78 is 253. The number of benzene rings is 5. The van der Waals surface area contributed by atoms with Crippen molar-refractivity contribution in [2.75, 3.05) is 96.8 Å². The van der Waals surface area contributed by atoms with Gasteiger partial charge in [-0.25, -0.2) is 96.4 Å². The fourth-order valence-electron chi connectivity index (χ4n) is 9.46. The largest absolute Gasteiger partial charge is 0.519 e. The molecule has 1 fully saturated rings. The van der Waals surface area contributed by atoms with E-state index in [9.17, 15) is 120 Å². The summed E-state index contributed by atoms with van der Waals surface area (Å²) >= 11 is 0. The number of carbonyl (C=O) groups excluding carboxylic acids is 5. The zero-order valence-corrected chi connectivity index (χ0v) is 81.1. The number of carbonyl (C=O) groups is 5. The minimum absolute atomic E-state index is 0. The molecule has 1 aliphatic heterocycles. The average molecular weight is 1990 g/mol. The lowest BCUT2D eigenvalue weighted by atomic mass is 10.0. The molecule has 0 radical (unpaired) electrons. The first-order valence-electron chi connectivity index (χ1n) is 38.0. The second-order valence-electron chi connectivity index (χ2n) is 31.8. The van der Waals surface area contributed by atoms with E-state index in [2.05, 4.69) is 57.0 Å². The van der Waals surface area contributed by atoms with Crippen LogP contribution in [0.2, 0.25) is 0 Å². The Morgan fingerprint density at radius 2 is 0.703 bits per heavy atom. The van der Waals surface area contributed by atoms with E-state index < -0.39 is 215 Å². The standard InChI is InChI=1S/C16H24FNO7S2.C15H22FNO5S.C11H12FNO4S.2C10H14FNO3S.C10H18O5.C6H15N.CH3ClO2S.CH4/c1-16(2,3)24-15(19)18-13(10-17)14(25-27(5,22)23)11-6-8-12(9-7-11)26(4,20)21;1-15(2,3)22-14(19)17-12(9-16)13(18)10-5-7-11(8-6-10)23(4,20)21;1-18(15,16)8-4-2-7(3-5-8)10-9(6-12)13-11(14)17-10;2*1-16(14,15)8-4-2-7(3-5-8)10(13)9(12)6-11;1-9(2,3)14-7(11)13-8(12)15-10(4,5)6;1-4-7(5-2)6-3;1-5(2,3)4;/h6-9,13-14H,10H2,1-5H3,(H,18,19);5-8,12-13,18H,9H2,1-4H3,(H,17,19);2-5,9-10H,6H2,1H3,(H,13,14);2*2-5,9-10,13H,6,12H2,1H3;1-6H3;4-6H2,1-3H3;1H3;1H4/t13-,14+;12-,13+;9-,10-;9-,10+;9-,10-;;;;/m11111..../s1. The van der Waals surface area contributed by atoms with E-state index in [4.69, 9.17) is 39.3 Å². The number of hydrogen-bond acceptors (Lipinski definition) is 32. The van der Waals surface area contributed by atoms with Crippen molar-refractivity contribution in [1.82, 2.24) is 20.9 Å². The van der Waals surface area contributed by atoms with Gasteiger partial charge in [-0.3, -0.25) is 4.18 Å². The van der Waals surface area contributed by atoms with Gasteiger partial charge in [-0.15, -0.1) is 0 Å². The molecule has 0 aromatic heterocycles. The summed E-state index contributed by atoms with van der Waals surface area (Å²) in [4.78, 5) is 59.6. The van der Waals surface area contributed by atoms with Crippen LogP contribution in [0.5, 0.6) is 0 Å². The van der Waals surface area contributed by atoms with Crippen LogP contribution in [0.1, 0.15) is 170 Å². The van der Waals surface area contributed by atoms with Crippen LogP contribution in [0, 0.1) is 0 Å². The Hall–Kier alpha value is -8.04. The first-order valence-corrected chi connectivity index (χ1v) is 52.0. The average Bonchev–Trinajstić information content (AvgIpc) is 1.53. The van der Waals surface area contributed by atoms with Crippen molar-refractivity contribution in [1.29, 1.82) is 0 Å². The van der Waals surface area contributed by atoms with Crippen LogP contribution in [0.3, 0.4) is 0 Å². The number of alkyl carbamates (subject to hydrolysis) is 3. The van der Waals surface area contributed by atoms with Gasteiger partial charge in [-0.2, -0.15) is 8.42 Å². The van der Waals surface area contributed by atoms with Gasteiger partial charge in [0, 0.05) is 42.0 Å². The minimum atomic E-state index is -4.01. The zero-order valence-electron chi connectivity index (χ0n) is 74.7. The quantitative estimate of drug-likeness (QED) is 0.00636. The molecule has 1 heterocycles. The Balaban J connectivity index is -0.00000144. The number of aliphatic hydroxyl groups excluding tert-OH is 3. The maximum atomic E-state index is 13.6. The van der Waals surface area contributed by atoms with Crippen molar-refractivity contribution in [2.45, 2.75) is 219 Å². The summed E-state index contributed by atoms with van der Waals surface area (Å²) in [6.07, 6.45) is -3.23. The topological polar surface area (TPSA) is 541 Å². The van der Waals surface area contributed by atoms with Crippen LogP contribution >= 0.6 is 10.7 Å². The molecule has 6 rings (SSSR count). The fourth-order valence-corrected chi connectivity index (χ4v) is 13.2. The van der Waals surface area contributed by atoms with Gasteiger partial charge < -0.3 is 76.1 Å². The van der Waals surface area contributed by atoms with E-state index in [1.807, 2.05) is 0 Å². The molecular weight excluding hydrogens is 1860 g/mol. The number of nitrogens with zero attached hydrogens (tertiary/aromatic N) is 1. The summed E-state index contributed by atoms with van der Waals surface area (Å²) in [6, 6.07) is 22.2. The van der Waals surface area contributed by atoms with Crippen LogP contribution in [0.15, 0.2) is 146 Å². The van der Waals surface area contributed by atoms with E-state index in [1.165, 1.54) is 141 Å². The normalized spacial score (nSPS) is 15.5. The molecule has 48 heteroatoms. The number of alkyl halides is 5. The van der Waals surface area contributed by atoms with Gasteiger partial charge in [0.05, 0.1) is 73.4 Å². The highest BCUT2D eigenvalue weighted by atomic mass is 35.7. The van der Waals surface area contributed by atoms with Crippen LogP contribution in [0.25, 0.3) is 0 Å². The first-order chi connectivity index (χ1) is 57.5. The van der Waals surface area contributed by atoms with Gasteiger partial charge >= 0.3 is 30.6 Å². The predicted octanol–water partition coefficient (Wildman–Crippen LogP) is 11.0. The highest BCUT2D eigenvalue weighted by molar-refractivity contribution is 8.13. The number of hydrogen-bond donors (Lipinski definition) is 8. The van der Waals surface area contributed by atoms with Crippen molar-refractivity contribution < 1.29 is 153 Å². The number of sulfone groups is 5. The molecule has 0 bridgehead atoms. The summed E-state index contributed by atoms with van der Waals surface area (Å²) in [7, 11) is -19.3. The van der Waals surface area contributed by atoms with E-state index in [0.717, 1.165) is 43.8 Å². The number of ether oxygens (including phenoxy) is 6. The lowest BCUT2D eigenvalue weighted by Gasteiger charge is -2.27. The summed E-state index contributed by atoms with van der Waals surface area (Å²) in [5.41, 5.74) is 9.51.